The lowest BCUT2D eigenvalue weighted by molar-refractivity contribution is 0.0935. The molecule has 2 aromatic rings. The van der Waals surface area contributed by atoms with Gasteiger partial charge in [0.25, 0.3) is 5.91 Å². The Bertz CT molecular complexity index is 725. The van der Waals surface area contributed by atoms with E-state index in [9.17, 15) is 4.79 Å². The second-order valence-corrected chi connectivity index (χ2v) is 5.87. The predicted molar refractivity (Wildman–Crippen MR) is 96.0 cm³/mol. The topological polar surface area (TPSA) is 47.6 Å². The summed E-state index contributed by atoms with van der Waals surface area (Å²) < 4.78 is 10.6. The molecule has 0 fully saturated rings. The van der Waals surface area contributed by atoms with Gasteiger partial charge < -0.3 is 14.8 Å². The number of ether oxygens (including phenoxy) is 2. The van der Waals surface area contributed by atoms with Crippen molar-refractivity contribution in [1.82, 2.24) is 5.32 Å². The van der Waals surface area contributed by atoms with E-state index in [0.29, 0.717) is 17.1 Å². The van der Waals surface area contributed by atoms with Crippen LogP contribution in [0.5, 0.6) is 11.5 Å². The Labute approximate surface area is 143 Å². The molecular formula is C20H25NO3. The van der Waals surface area contributed by atoms with E-state index in [-0.39, 0.29) is 11.9 Å². The molecule has 0 bridgehead atoms. The van der Waals surface area contributed by atoms with Crippen molar-refractivity contribution in [2.24, 2.45) is 0 Å². The summed E-state index contributed by atoms with van der Waals surface area (Å²) in [6.07, 6.45) is 0.784. The van der Waals surface area contributed by atoms with Crippen molar-refractivity contribution in [2.75, 3.05) is 14.2 Å². The van der Waals surface area contributed by atoms with Crippen molar-refractivity contribution < 1.29 is 14.3 Å². The maximum Gasteiger partial charge on any atom is 0.252 e. The molecule has 0 radical (unpaired) electrons. The van der Waals surface area contributed by atoms with Gasteiger partial charge in [-0.15, -0.1) is 0 Å². The number of carbonyl (C=O) groups excluding carboxylic acids is 1. The quantitative estimate of drug-likeness (QED) is 0.865. The molecule has 0 saturated heterocycles. The van der Waals surface area contributed by atoms with Gasteiger partial charge in [0.1, 0.15) is 0 Å². The largest absolute Gasteiger partial charge is 0.493 e. The molecular weight excluding hydrogens is 302 g/mol. The highest BCUT2D eigenvalue weighted by Gasteiger charge is 2.17. The van der Waals surface area contributed by atoms with E-state index in [1.54, 1.807) is 14.2 Å². The van der Waals surface area contributed by atoms with E-state index in [2.05, 4.69) is 5.32 Å². The van der Waals surface area contributed by atoms with Gasteiger partial charge in [-0.3, -0.25) is 4.79 Å². The zero-order valence-electron chi connectivity index (χ0n) is 15.0. The first-order chi connectivity index (χ1) is 11.5. The third-order valence-electron chi connectivity index (χ3n) is 4.15. The minimum atomic E-state index is -0.0852. The fourth-order valence-corrected chi connectivity index (χ4v) is 2.80. The predicted octanol–water partition coefficient (Wildman–Crippen LogP) is 4.20. The van der Waals surface area contributed by atoms with Gasteiger partial charge >= 0.3 is 0 Å². The Morgan fingerprint density at radius 1 is 1.04 bits per heavy atom. The Morgan fingerprint density at radius 2 is 1.75 bits per heavy atom. The van der Waals surface area contributed by atoms with E-state index in [4.69, 9.17) is 9.47 Å². The summed E-state index contributed by atoms with van der Waals surface area (Å²) in [6, 6.07) is 11.5. The van der Waals surface area contributed by atoms with Crippen molar-refractivity contribution in [3.63, 3.8) is 0 Å². The third-order valence-corrected chi connectivity index (χ3v) is 4.15. The molecule has 2 aromatic carbocycles. The molecule has 1 N–H and O–H groups in total. The van der Waals surface area contributed by atoms with Gasteiger partial charge in [0.05, 0.1) is 20.3 Å². The Morgan fingerprint density at radius 3 is 2.33 bits per heavy atom. The van der Waals surface area contributed by atoms with Crippen LogP contribution in [0.3, 0.4) is 0 Å². The molecule has 1 unspecified atom stereocenters. The zero-order chi connectivity index (χ0) is 17.7. The first-order valence-corrected chi connectivity index (χ1v) is 8.10. The van der Waals surface area contributed by atoms with Crippen LogP contribution in [0, 0.1) is 13.8 Å². The highest BCUT2D eigenvalue weighted by molar-refractivity contribution is 5.95. The van der Waals surface area contributed by atoms with Crippen LogP contribution in [0.2, 0.25) is 0 Å². The van der Waals surface area contributed by atoms with Gasteiger partial charge in [-0.05, 0) is 49.6 Å². The van der Waals surface area contributed by atoms with E-state index in [1.165, 1.54) is 0 Å². The Kier molecular flexibility index (Phi) is 5.85. The van der Waals surface area contributed by atoms with Crippen molar-refractivity contribution in [1.29, 1.82) is 0 Å². The lowest BCUT2D eigenvalue weighted by atomic mass is 10.0. The smallest absolute Gasteiger partial charge is 0.252 e. The van der Waals surface area contributed by atoms with Crippen LogP contribution in [0.15, 0.2) is 36.4 Å². The lowest BCUT2D eigenvalue weighted by Gasteiger charge is -2.20. The van der Waals surface area contributed by atoms with Crippen molar-refractivity contribution in [3.8, 4) is 11.5 Å². The number of carbonyl (C=O) groups is 1. The van der Waals surface area contributed by atoms with E-state index in [0.717, 1.165) is 23.1 Å². The molecule has 0 heterocycles. The number of hydrogen-bond donors (Lipinski definition) is 1. The SMILES string of the molecule is CCC(NC(=O)c1ccc(C)cc1C)c1ccc(OC)c(OC)c1. The highest BCUT2D eigenvalue weighted by atomic mass is 16.5. The normalized spacial score (nSPS) is 11.7. The van der Waals surface area contributed by atoms with Gasteiger partial charge in [-0.2, -0.15) is 0 Å². The first kappa shape index (κ1) is 17.9. The molecule has 1 amide bonds. The van der Waals surface area contributed by atoms with Crippen LogP contribution >= 0.6 is 0 Å². The molecule has 0 aliphatic carbocycles. The maximum absolute atomic E-state index is 12.6. The van der Waals surface area contributed by atoms with Crippen LogP contribution in [0.1, 0.15) is 46.4 Å². The third kappa shape index (κ3) is 3.88. The van der Waals surface area contributed by atoms with Crippen molar-refractivity contribution in [2.45, 2.75) is 33.2 Å². The number of methoxy groups -OCH3 is 2. The first-order valence-electron chi connectivity index (χ1n) is 8.10. The molecule has 4 nitrogen and oxygen atoms in total. The summed E-state index contributed by atoms with van der Waals surface area (Å²) in [4.78, 5) is 12.6. The van der Waals surface area contributed by atoms with Gasteiger partial charge in [0.2, 0.25) is 0 Å². The number of hydrogen-bond acceptors (Lipinski definition) is 3. The highest BCUT2D eigenvalue weighted by Crippen LogP contribution is 2.31. The molecule has 128 valence electrons. The van der Waals surface area contributed by atoms with Gasteiger partial charge in [-0.25, -0.2) is 0 Å². The monoisotopic (exact) mass is 327 g/mol. The summed E-state index contributed by atoms with van der Waals surface area (Å²) in [5.74, 6) is 1.28. The molecule has 24 heavy (non-hydrogen) atoms. The second kappa shape index (κ2) is 7.86. The molecule has 4 heteroatoms. The van der Waals surface area contributed by atoms with Crippen molar-refractivity contribution in [3.05, 3.63) is 58.7 Å². The summed E-state index contributed by atoms with van der Waals surface area (Å²) >= 11 is 0. The van der Waals surface area contributed by atoms with Crippen LogP contribution < -0.4 is 14.8 Å². The Balaban J connectivity index is 2.24. The number of benzene rings is 2. The Hall–Kier alpha value is -2.49. The summed E-state index contributed by atoms with van der Waals surface area (Å²) in [5.41, 5.74) is 3.83. The second-order valence-electron chi connectivity index (χ2n) is 5.87. The van der Waals surface area contributed by atoms with E-state index >= 15 is 0 Å². The van der Waals surface area contributed by atoms with Gasteiger partial charge in [-0.1, -0.05) is 30.7 Å². The minimum Gasteiger partial charge on any atom is -0.493 e. The van der Waals surface area contributed by atoms with E-state index in [1.807, 2.05) is 57.2 Å². The number of amides is 1. The van der Waals surface area contributed by atoms with Crippen molar-refractivity contribution >= 4 is 5.91 Å². The van der Waals surface area contributed by atoms with Gasteiger partial charge in [0, 0.05) is 5.56 Å². The standard InChI is InChI=1S/C20H25NO3/c1-6-17(15-8-10-18(23-4)19(12-15)24-5)21-20(22)16-9-7-13(2)11-14(16)3/h7-12,17H,6H2,1-5H3,(H,21,22). The molecule has 0 aliphatic rings. The molecule has 0 saturated carbocycles. The van der Waals surface area contributed by atoms with Crippen LogP contribution in [-0.4, -0.2) is 20.1 Å². The zero-order valence-corrected chi connectivity index (χ0v) is 15.0. The minimum absolute atomic E-state index is 0.0610. The van der Waals surface area contributed by atoms with Crippen LogP contribution in [0.4, 0.5) is 0 Å². The fraction of sp³-hybridized carbons (Fsp3) is 0.350. The molecule has 0 aromatic heterocycles. The van der Waals surface area contributed by atoms with Gasteiger partial charge in [0.15, 0.2) is 11.5 Å². The van der Waals surface area contributed by atoms with E-state index < -0.39 is 0 Å². The molecule has 1 atom stereocenters. The summed E-state index contributed by atoms with van der Waals surface area (Å²) in [6.45, 7) is 6.02. The molecule has 0 spiro atoms. The fourth-order valence-electron chi connectivity index (χ4n) is 2.80. The van der Waals surface area contributed by atoms with Crippen LogP contribution in [-0.2, 0) is 0 Å². The summed E-state index contributed by atoms with van der Waals surface area (Å²) in [7, 11) is 3.22. The number of rotatable bonds is 6. The maximum atomic E-state index is 12.6. The molecule has 2 rings (SSSR count). The molecule has 0 aliphatic heterocycles. The lowest BCUT2D eigenvalue weighted by Crippen LogP contribution is -2.28. The number of nitrogens with one attached hydrogen (secondary N) is 1. The summed E-state index contributed by atoms with van der Waals surface area (Å²) in [5, 5.41) is 3.11. The number of aryl methyl sites for hydroxylation is 2. The average Bonchev–Trinajstić information content (AvgIpc) is 2.58. The van der Waals surface area contributed by atoms with Crippen LogP contribution in [0.25, 0.3) is 0 Å². The average molecular weight is 327 g/mol.